The molecular formula is C30H36N2O6S. The summed E-state index contributed by atoms with van der Waals surface area (Å²) in [7, 11) is -0.862. The highest BCUT2D eigenvalue weighted by atomic mass is 32.2. The van der Waals surface area contributed by atoms with Gasteiger partial charge in [0.2, 0.25) is 0 Å². The van der Waals surface area contributed by atoms with E-state index in [-0.39, 0.29) is 16.9 Å². The van der Waals surface area contributed by atoms with E-state index in [4.69, 9.17) is 14.2 Å². The molecule has 0 aromatic heterocycles. The molecule has 1 aliphatic heterocycles. The second-order valence-corrected chi connectivity index (χ2v) is 12.6. The fourth-order valence-corrected chi connectivity index (χ4v) is 5.95. The Kier molecular flexibility index (Phi) is 7.84. The van der Waals surface area contributed by atoms with Crippen molar-refractivity contribution in [1.29, 1.82) is 0 Å². The van der Waals surface area contributed by atoms with Gasteiger partial charge >= 0.3 is 0 Å². The molecular weight excluding hydrogens is 516 g/mol. The van der Waals surface area contributed by atoms with Crippen molar-refractivity contribution in [1.82, 2.24) is 5.32 Å². The van der Waals surface area contributed by atoms with Gasteiger partial charge in [-0.05, 0) is 67.3 Å². The van der Waals surface area contributed by atoms with Gasteiger partial charge in [-0.1, -0.05) is 44.5 Å². The summed E-state index contributed by atoms with van der Waals surface area (Å²) in [6.07, 6.45) is -1.07. The molecule has 8 nitrogen and oxygen atoms in total. The number of rotatable bonds is 7. The topological polar surface area (TPSA) is 94.2 Å². The molecule has 2 atom stereocenters. The van der Waals surface area contributed by atoms with Gasteiger partial charge in [-0.3, -0.25) is 9.10 Å². The third-order valence-electron chi connectivity index (χ3n) is 6.86. The number of benzene rings is 3. The van der Waals surface area contributed by atoms with Crippen LogP contribution in [0.3, 0.4) is 0 Å². The second-order valence-electron chi connectivity index (χ2n) is 10.7. The predicted molar refractivity (Wildman–Crippen MR) is 151 cm³/mol. The quantitative estimate of drug-likeness (QED) is 0.436. The maximum atomic E-state index is 13.9. The summed E-state index contributed by atoms with van der Waals surface area (Å²) >= 11 is 0. The molecule has 0 radical (unpaired) electrons. The van der Waals surface area contributed by atoms with Crippen LogP contribution in [0.4, 0.5) is 5.69 Å². The minimum Gasteiger partial charge on any atom is -0.497 e. The normalized spacial score (nSPS) is 16.1. The largest absolute Gasteiger partial charge is 0.497 e. The minimum absolute atomic E-state index is 0.149. The first-order valence-electron chi connectivity index (χ1n) is 12.8. The third kappa shape index (κ3) is 5.83. The first-order chi connectivity index (χ1) is 18.3. The van der Waals surface area contributed by atoms with Gasteiger partial charge in [-0.2, -0.15) is 0 Å². The van der Waals surface area contributed by atoms with Crippen molar-refractivity contribution in [3.05, 3.63) is 77.4 Å². The Balaban J connectivity index is 1.70. The van der Waals surface area contributed by atoms with Gasteiger partial charge < -0.3 is 19.5 Å². The maximum Gasteiger partial charge on any atom is 0.264 e. The Morgan fingerprint density at radius 1 is 1.03 bits per heavy atom. The molecule has 39 heavy (non-hydrogen) atoms. The standard InChI is InChI=1S/C30H36N2O6S/c1-19-8-12-23(13-9-19)39(34,35)32-18-28(38-27-14-10-21(16-25(27)32)30(3,4)5)29(33)31-20(2)24-17-22(36-6)11-15-26(24)37-7/h8-17,20,28H,18H2,1-7H3,(H,31,33)/t20-,28+/m1/s1. The number of sulfonamides is 1. The Morgan fingerprint density at radius 2 is 1.72 bits per heavy atom. The molecule has 0 fully saturated rings. The van der Waals surface area contributed by atoms with Crippen LogP contribution in [0.5, 0.6) is 17.2 Å². The molecule has 1 N–H and O–H groups in total. The maximum absolute atomic E-state index is 13.9. The van der Waals surface area contributed by atoms with E-state index < -0.39 is 28.1 Å². The van der Waals surface area contributed by atoms with Crippen molar-refractivity contribution in [3.63, 3.8) is 0 Å². The van der Waals surface area contributed by atoms with Crippen LogP contribution in [0.2, 0.25) is 0 Å². The van der Waals surface area contributed by atoms with Crippen LogP contribution in [-0.4, -0.2) is 41.2 Å². The number of carbonyl (C=O) groups is 1. The van der Waals surface area contributed by atoms with E-state index in [0.29, 0.717) is 22.9 Å². The highest BCUT2D eigenvalue weighted by Crippen LogP contribution is 2.40. The number of amides is 1. The van der Waals surface area contributed by atoms with Gasteiger partial charge in [0.25, 0.3) is 15.9 Å². The summed E-state index contributed by atoms with van der Waals surface area (Å²) in [5.41, 5.74) is 2.82. The van der Waals surface area contributed by atoms with Gasteiger partial charge in [0.1, 0.15) is 17.2 Å². The zero-order valence-electron chi connectivity index (χ0n) is 23.4. The molecule has 0 saturated carbocycles. The van der Waals surface area contributed by atoms with Gasteiger partial charge in [-0.15, -0.1) is 0 Å². The number of nitrogens with one attached hydrogen (secondary N) is 1. The van der Waals surface area contributed by atoms with Crippen LogP contribution < -0.4 is 23.8 Å². The minimum atomic E-state index is -3.98. The van der Waals surface area contributed by atoms with Gasteiger partial charge in [0.05, 0.1) is 37.4 Å². The first kappa shape index (κ1) is 28.3. The smallest absolute Gasteiger partial charge is 0.264 e. The number of fused-ring (bicyclic) bond motifs is 1. The van der Waals surface area contributed by atoms with Crippen LogP contribution in [0.1, 0.15) is 50.4 Å². The molecule has 1 aliphatic rings. The van der Waals surface area contributed by atoms with Crippen molar-refractivity contribution in [3.8, 4) is 17.2 Å². The molecule has 9 heteroatoms. The molecule has 0 unspecified atom stereocenters. The number of aryl methyl sites for hydroxylation is 1. The monoisotopic (exact) mass is 552 g/mol. The van der Waals surface area contributed by atoms with Gasteiger partial charge in [-0.25, -0.2) is 8.42 Å². The zero-order chi connectivity index (χ0) is 28.5. The van der Waals surface area contributed by atoms with E-state index >= 15 is 0 Å². The van der Waals surface area contributed by atoms with Crippen molar-refractivity contribution >= 4 is 21.6 Å². The van der Waals surface area contributed by atoms with Crippen LogP contribution >= 0.6 is 0 Å². The lowest BCUT2D eigenvalue weighted by molar-refractivity contribution is -0.128. The molecule has 0 bridgehead atoms. The average molecular weight is 553 g/mol. The zero-order valence-corrected chi connectivity index (χ0v) is 24.3. The van der Waals surface area contributed by atoms with E-state index in [0.717, 1.165) is 16.7 Å². The van der Waals surface area contributed by atoms with Crippen molar-refractivity contribution in [2.45, 2.75) is 57.1 Å². The Bertz CT molecular complexity index is 1460. The molecule has 1 heterocycles. The van der Waals surface area contributed by atoms with E-state index in [1.54, 1.807) is 62.8 Å². The molecule has 1 amide bonds. The molecule has 3 aromatic carbocycles. The van der Waals surface area contributed by atoms with E-state index in [1.807, 2.05) is 26.0 Å². The summed E-state index contributed by atoms with van der Waals surface area (Å²) < 4.78 is 46.0. The second kappa shape index (κ2) is 10.8. The average Bonchev–Trinajstić information content (AvgIpc) is 2.91. The molecule has 0 aliphatic carbocycles. The molecule has 0 spiro atoms. The fraction of sp³-hybridized carbons (Fsp3) is 0.367. The van der Waals surface area contributed by atoms with E-state index in [9.17, 15) is 13.2 Å². The summed E-state index contributed by atoms with van der Waals surface area (Å²) in [6.45, 7) is 9.72. The summed E-state index contributed by atoms with van der Waals surface area (Å²) in [5, 5.41) is 2.96. The van der Waals surface area contributed by atoms with Crippen molar-refractivity contribution in [2.75, 3.05) is 25.1 Å². The van der Waals surface area contributed by atoms with Crippen LogP contribution in [0.25, 0.3) is 0 Å². The molecule has 3 aromatic rings. The predicted octanol–water partition coefficient (Wildman–Crippen LogP) is 5.14. The molecule has 4 rings (SSSR count). The number of nitrogens with zero attached hydrogens (tertiary/aromatic N) is 1. The van der Waals surface area contributed by atoms with Gasteiger partial charge in [0.15, 0.2) is 6.10 Å². The van der Waals surface area contributed by atoms with Crippen molar-refractivity contribution < 1.29 is 27.4 Å². The Hall–Kier alpha value is -3.72. The summed E-state index contributed by atoms with van der Waals surface area (Å²) in [4.78, 5) is 13.6. The van der Waals surface area contributed by atoms with Crippen molar-refractivity contribution in [2.24, 2.45) is 0 Å². The molecule has 0 saturated heterocycles. The number of anilines is 1. The lowest BCUT2D eigenvalue weighted by Gasteiger charge is -2.36. The number of carbonyl (C=O) groups excluding carboxylic acids is 1. The number of ether oxygens (including phenoxy) is 3. The molecule has 208 valence electrons. The Morgan fingerprint density at radius 3 is 2.33 bits per heavy atom. The lowest BCUT2D eigenvalue weighted by atomic mass is 9.86. The van der Waals surface area contributed by atoms with Crippen LogP contribution in [0, 0.1) is 6.92 Å². The lowest BCUT2D eigenvalue weighted by Crippen LogP contribution is -2.51. The van der Waals surface area contributed by atoms with Crippen LogP contribution in [-0.2, 0) is 20.2 Å². The number of methoxy groups -OCH3 is 2. The number of hydrogen-bond acceptors (Lipinski definition) is 6. The van der Waals surface area contributed by atoms with E-state index in [2.05, 4.69) is 26.1 Å². The highest BCUT2D eigenvalue weighted by molar-refractivity contribution is 7.92. The van der Waals surface area contributed by atoms with E-state index in [1.165, 1.54) is 4.31 Å². The third-order valence-corrected chi connectivity index (χ3v) is 8.65. The Labute approximate surface area is 230 Å². The highest BCUT2D eigenvalue weighted by Gasteiger charge is 2.38. The fourth-order valence-electron chi connectivity index (χ4n) is 4.48. The summed E-state index contributed by atoms with van der Waals surface area (Å²) in [6, 6.07) is 17.0. The first-order valence-corrected chi connectivity index (χ1v) is 14.2. The summed E-state index contributed by atoms with van der Waals surface area (Å²) in [5.74, 6) is 1.11. The van der Waals surface area contributed by atoms with Crippen LogP contribution in [0.15, 0.2) is 65.6 Å². The van der Waals surface area contributed by atoms with Gasteiger partial charge in [0, 0.05) is 5.56 Å². The SMILES string of the molecule is COc1ccc(OC)c([C@@H](C)NC(=O)[C@@H]2CN(S(=O)(=O)c3ccc(C)cc3)c3cc(C(C)(C)C)ccc3O2)c1. The number of hydrogen-bond donors (Lipinski definition) is 1.